The van der Waals surface area contributed by atoms with Gasteiger partial charge in [0.15, 0.2) is 0 Å². The summed E-state index contributed by atoms with van der Waals surface area (Å²) in [6, 6.07) is 0. The van der Waals surface area contributed by atoms with E-state index in [2.05, 4.69) is 32.6 Å². The highest BCUT2D eigenvalue weighted by Crippen LogP contribution is 2.28. The van der Waals surface area contributed by atoms with Crippen molar-refractivity contribution in [2.45, 2.75) is 59.5 Å². The first-order valence-electron chi connectivity index (χ1n) is 8.86. The van der Waals surface area contributed by atoms with Gasteiger partial charge in [0, 0.05) is 26.3 Å². The van der Waals surface area contributed by atoms with Gasteiger partial charge in [0.05, 0.1) is 12.7 Å². The van der Waals surface area contributed by atoms with Gasteiger partial charge in [-0.2, -0.15) is 0 Å². The van der Waals surface area contributed by atoms with Crippen LogP contribution in [0.15, 0.2) is 0 Å². The summed E-state index contributed by atoms with van der Waals surface area (Å²) >= 11 is 0. The quantitative estimate of drug-likeness (QED) is 0.774. The van der Waals surface area contributed by atoms with Crippen molar-refractivity contribution in [3.63, 3.8) is 0 Å². The van der Waals surface area contributed by atoms with Crippen molar-refractivity contribution in [3.05, 3.63) is 0 Å². The van der Waals surface area contributed by atoms with Gasteiger partial charge in [-0.25, -0.2) is 0 Å². The Morgan fingerprint density at radius 2 is 1.86 bits per heavy atom. The highest BCUT2D eigenvalue weighted by atomic mass is 16.5. The fraction of sp³-hybridized carbons (Fsp3) is 1.00. The van der Waals surface area contributed by atoms with Gasteiger partial charge in [-0.1, -0.05) is 27.7 Å². The Hall–Kier alpha value is -0.120. The Balaban J connectivity index is 1.72. The van der Waals surface area contributed by atoms with E-state index in [0.29, 0.717) is 11.5 Å². The lowest BCUT2D eigenvalue weighted by Gasteiger charge is -2.37. The van der Waals surface area contributed by atoms with E-state index in [1.807, 2.05) is 0 Å². The van der Waals surface area contributed by atoms with Crippen LogP contribution in [0, 0.1) is 17.3 Å². The molecule has 2 heterocycles. The molecule has 2 aliphatic rings. The molecule has 0 spiro atoms. The maximum Gasteiger partial charge on any atom is 0.0705 e. The summed E-state index contributed by atoms with van der Waals surface area (Å²) < 4.78 is 11.5. The molecule has 124 valence electrons. The maximum atomic E-state index is 6.03. The molecule has 2 aliphatic heterocycles. The van der Waals surface area contributed by atoms with Crippen molar-refractivity contribution in [1.29, 1.82) is 0 Å². The number of nitrogens with zero attached hydrogens (tertiary/aromatic N) is 1. The molecule has 3 nitrogen and oxygen atoms in total. The van der Waals surface area contributed by atoms with Gasteiger partial charge in [-0.3, -0.25) is 4.90 Å². The van der Waals surface area contributed by atoms with Crippen molar-refractivity contribution < 1.29 is 9.47 Å². The highest BCUT2D eigenvalue weighted by molar-refractivity contribution is 4.78. The molecule has 0 saturated carbocycles. The van der Waals surface area contributed by atoms with Gasteiger partial charge in [0.25, 0.3) is 0 Å². The van der Waals surface area contributed by atoms with E-state index >= 15 is 0 Å². The van der Waals surface area contributed by atoms with E-state index in [1.54, 1.807) is 0 Å². The summed E-state index contributed by atoms with van der Waals surface area (Å²) in [6.07, 6.45) is 5.41. The summed E-state index contributed by atoms with van der Waals surface area (Å²) in [5, 5.41) is 0. The second-order valence-electron chi connectivity index (χ2n) is 8.27. The zero-order chi connectivity index (χ0) is 15.3. The van der Waals surface area contributed by atoms with Gasteiger partial charge in [0.1, 0.15) is 0 Å². The van der Waals surface area contributed by atoms with Gasteiger partial charge >= 0.3 is 0 Å². The molecule has 2 atom stereocenters. The second kappa shape index (κ2) is 7.94. The van der Waals surface area contributed by atoms with E-state index < -0.39 is 0 Å². The lowest BCUT2D eigenvalue weighted by Crippen LogP contribution is -2.44. The predicted molar refractivity (Wildman–Crippen MR) is 87.6 cm³/mol. The third-order valence-corrected chi connectivity index (χ3v) is 5.11. The summed E-state index contributed by atoms with van der Waals surface area (Å²) in [5.41, 5.74) is 0.434. The zero-order valence-corrected chi connectivity index (χ0v) is 14.6. The monoisotopic (exact) mass is 297 g/mol. The van der Waals surface area contributed by atoms with Crippen molar-refractivity contribution >= 4 is 0 Å². The predicted octanol–water partition coefficient (Wildman–Crippen LogP) is 3.58. The van der Waals surface area contributed by atoms with Gasteiger partial charge in [-0.05, 0) is 49.5 Å². The third-order valence-electron chi connectivity index (χ3n) is 5.11. The van der Waals surface area contributed by atoms with Crippen LogP contribution in [0.3, 0.4) is 0 Å². The number of rotatable bonds is 5. The Morgan fingerprint density at radius 3 is 2.52 bits per heavy atom. The first-order valence-corrected chi connectivity index (χ1v) is 8.86. The van der Waals surface area contributed by atoms with Crippen LogP contribution in [-0.4, -0.2) is 50.5 Å². The summed E-state index contributed by atoms with van der Waals surface area (Å²) in [5.74, 6) is 1.61. The van der Waals surface area contributed by atoms with Crippen LogP contribution >= 0.6 is 0 Å². The average Bonchev–Trinajstić information content (AvgIpc) is 2.46. The minimum absolute atomic E-state index is 0.434. The number of ether oxygens (including phenoxy) is 2. The molecule has 0 aromatic heterocycles. The van der Waals surface area contributed by atoms with E-state index in [0.717, 1.165) is 44.7 Å². The summed E-state index contributed by atoms with van der Waals surface area (Å²) in [4.78, 5) is 2.61. The fourth-order valence-corrected chi connectivity index (χ4v) is 3.51. The topological polar surface area (TPSA) is 21.7 Å². The maximum absolute atomic E-state index is 6.03. The van der Waals surface area contributed by atoms with Gasteiger partial charge < -0.3 is 9.47 Å². The molecular formula is C18H35NO2. The average molecular weight is 297 g/mol. The molecule has 2 rings (SSSR count). The highest BCUT2D eigenvalue weighted by Gasteiger charge is 2.27. The zero-order valence-electron chi connectivity index (χ0n) is 14.6. The number of hydrogen-bond acceptors (Lipinski definition) is 3. The third kappa shape index (κ3) is 6.25. The molecule has 21 heavy (non-hydrogen) atoms. The summed E-state index contributed by atoms with van der Waals surface area (Å²) in [7, 11) is 0. The molecule has 2 unspecified atom stereocenters. The number of hydrogen-bond donors (Lipinski definition) is 0. The molecule has 0 aromatic rings. The Bertz CT molecular complexity index is 294. The van der Waals surface area contributed by atoms with Crippen LogP contribution in [0.25, 0.3) is 0 Å². The Kier molecular flexibility index (Phi) is 6.51. The standard InChI is InChI=1S/C18H35NO2/c1-15(16-5-10-20-11-6-16)13-17-14-19(9-12-21-17)8-7-18(2,3)4/h15-17H,5-14H2,1-4H3. The van der Waals surface area contributed by atoms with Crippen molar-refractivity contribution in [3.8, 4) is 0 Å². The summed E-state index contributed by atoms with van der Waals surface area (Å²) in [6.45, 7) is 15.7. The fourth-order valence-electron chi connectivity index (χ4n) is 3.51. The molecule has 0 aliphatic carbocycles. The Labute approximate surface area is 131 Å². The lowest BCUT2D eigenvalue weighted by atomic mass is 9.83. The molecule has 2 fully saturated rings. The van der Waals surface area contributed by atoms with Gasteiger partial charge in [-0.15, -0.1) is 0 Å². The minimum Gasteiger partial charge on any atom is -0.381 e. The first kappa shape index (κ1) is 17.2. The molecule has 0 aromatic carbocycles. The molecule has 0 radical (unpaired) electrons. The van der Waals surface area contributed by atoms with Crippen LogP contribution < -0.4 is 0 Å². The Morgan fingerprint density at radius 1 is 1.14 bits per heavy atom. The number of morpholine rings is 1. The van der Waals surface area contributed by atoms with Gasteiger partial charge in [0.2, 0.25) is 0 Å². The molecule has 2 saturated heterocycles. The van der Waals surface area contributed by atoms with Crippen LogP contribution in [0.5, 0.6) is 0 Å². The first-order chi connectivity index (χ1) is 9.94. The van der Waals surface area contributed by atoms with E-state index in [-0.39, 0.29) is 0 Å². The SMILES string of the molecule is CC(CC1CN(CCC(C)(C)C)CCO1)C1CCOCC1. The lowest BCUT2D eigenvalue weighted by molar-refractivity contribution is -0.0485. The minimum atomic E-state index is 0.434. The van der Waals surface area contributed by atoms with E-state index in [9.17, 15) is 0 Å². The molecule has 0 bridgehead atoms. The van der Waals surface area contributed by atoms with Crippen LogP contribution in [0.2, 0.25) is 0 Å². The van der Waals surface area contributed by atoms with Crippen molar-refractivity contribution in [1.82, 2.24) is 4.90 Å². The molecule has 0 N–H and O–H groups in total. The van der Waals surface area contributed by atoms with E-state index in [4.69, 9.17) is 9.47 Å². The smallest absolute Gasteiger partial charge is 0.0705 e. The van der Waals surface area contributed by atoms with Crippen LogP contribution in [-0.2, 0) is 9.47 Å². The molecular weight excluding hydrogens is 262 g/mol. The largest absolute Gasteiger partial charge is 0.381 e. The van der Waals surface area contributed by atoms with Crippen molar-refractivity contribution in [2.24, 2.45) is 17.3 Å². The second-order valence-corrected chi connectivity index (χ2v) is 8.27. The van der Waals surface area contributed by atoms with Crippen LogP contribution in [0.1, 0.15) is 53.4 Å². The van der Waals surface area contributed by atoms with Crippen molar-refractivity contribution in [2.75, 3.05) is 39.5 Å². The van der Waals surface area contributed by atoms with Crippen LogP contribution in [0.4, 0.5) is 0 Å². The molecule has 3 heteroatoms. The molecule has 0 amide bonds. The normalized spacial score (nSPS) is 27.7. The van der Waals surface area contributed by atoms with E-state index in [1.165, 1.54) is 32.2 Å².